The van der Waals surface area contributed by atoms with Crippen molar-refractivity contribution in [1.29, 1.82) is 0 Å². The second-order valence-corrected chi connectivity index (χ2v) is 7.30. The molecule has 0 unspecified atom stereocenters. The summed E-state index contributed by atoms with van der Waals surface area (Å²) in [5.74, 6) is 0.149. The molecule has 2 rings (SSSR count). The summed E-state index contributed by atoms with van der Waals surface area (Å²) >= 11 is 0. The van der Waals surface area contributed by atoms with Crippen LogP contribution in [-0.2, 0) is 17.8 Å². The third kappa shape index (κ3) is 7.63. The molecule has 29 heavy (non-hydrogen) atoms. The van der Waals surface area contributed by atoms with E-state index in [4.69, 9.17) is 10.2 Å². The highest BCUT2D eigenvalue weighted by Gasteiger charge is 2.15. The fourth-order valence-electron chi connectivity index (χ4n) is 3.08. The first-order valence-corrected chi connectivity index (χ1v) is 10.8. The molecular formula is C23H38N4O2. The molecule has 2 aromatic rings. The van der Waals surface area contributed by atoms with Crippen LogP contribution in [0.1, 0.15) is 71.3 Å². The fourth-order valence-corrected chi connectivity index (χ4v) is 3.08. The Bertz CT molecular complexity index is 781. The molecule has 6 heteroatoms. The van der Waals surface area contributed by atoms with Gasteiger partial charge in [0.15, 0.2) is 0 Å². The van der Waals surface area contributed by atoms with Crippen molar-refractivity contribution in [2.24, 2.45) is 5.92 Å². The van der Waals surface area contributed by atoms with Crippen molar-refractivity contribution in [3.63, 3.8) is 0 Å². The zero-order valence-electron chi connectivity index (χ0n) is 18.9. The normalized spacial score (nSPS) is 11.3. The molecule has 0 aromatic carbocycles. The van der Waals surface area contributed by atoms with Crippen molar-refractivity contribution < 1.29 is 10.0 Å². The lowest BCUT2D eigenvalue weighted by atomic mass is 10.1. The van der Waals surface area contributed by atoms with E-state index in [1.54, 1.807) is 11.6 Å². The number of fused-ring (bicyclic) bond motifs is 1. The molecule has 0 spiro atoms. The molecule has 162 valence electrons. The fraction of sp³-hybridized carbons (Fsp3) is 0.565. The maximum atomic E-state index is 11.2. The van der Waals surface area contributed by atoms with E-state index in [1.807, 2.05) is 32.2 Å². The van der Waals surface area contributed by atoms with Crippen molar-refractivity contribution in [2.75, 3.05) is 13.1 Å². The lowest BCUT2D eigenvalue weighted by Crippen LogP contribution is -2.26. The summed E-state index contributed by atoms with van der Waals surface area (Å²) < 4.78 is 2.16. The SMILES string of the molecule is CC.CCCc1nc2cc(/C=C/C(=O)NO)ccn2c1CN(CC)CCC(C)C. The summed E-state index contributed by atoms with van der Waals surface area (Å²) in [6.07, 6.45) is 8.18. The molecule has 0 bridgehead atoms. The minimum absolute atomic E-state index is 0.547. The highest BCUT2D eigenvalue weighted by molar-refractivity contribution is 5.90. The van der Waals surface area contributed by atoms with Crippen LogP contribution in [0.5, 0.6) is 0 Å². The molecule has 0 aliphatic carbocycles. The van der Waals surface area contributed by atoms with Gasteiger partial charge in [0.25, 0.3) is 5.91 Å². The number of nitrogens with one attached hydrogen (secondary N) is 1. The number of aryl methyl sites for hydroxylation is 1. The summed E-state index contributed by atoms with van der Waals surface area (Å²) in [7, 11) is 0. The number of amides is 1. The predicted molar refractivity (Wildman–Crippen MR) is 120 cm³/mol. The van der Waals surface area contributed by atoms with Gasteiger partial charge in [-0.25, -0.2) is 10.5 Å². The van der Waals surface area contributed by atoms with Crippen LogP contribution in [0, 0.1) is 5.92 Å². The summed E-state index contributed by atoms with van der Waals surface area (Å²) in [6.45, 7) is 15.9. The van der Waals surface area contributed by atoms with E-state index in [1.165, 1.54) is 18.2 Å². The molecule has 6 nitrogen and oxygen atoms in total. The third-order valence-corrected chi connectivity index (χ3v) is 4.70. The van der Waals surface area contributed by atoms with Crippen molar-refractivity contribution in [1.82, 2.24) is 19.8 Å². The maximum absolute atomic E-state index is 11.2. The lowest BCUT2D eigenvalue weighted by molar-refractivity contribution is -0.124. The molecule has 0 aliphatic rings. The van der Waals surface area contributed by atoms with Crippen LogP contribution in [0.15, 0.2) is 24.4 Å². The first-order valence-electron chi connectivity index (χ1n) is 10.8. The van der Waals surface area contributed by atoms with Gasteiger partial charge in [-0.15, -0.1) is 0 Å². The Kier molecular flexibility index (Phi) is 11.2. The lowest BCUT2D eigenvalue weighted by Gasteiger charge is -2.22. The smallest absolute Gasteiger partial charge is 0.267 e. The summed E-state index contributed by atoms with van der Waals surface area (Å²) in [5.41, 5.74) is 5.76. The van der Waals surface area contributed by atoms with Gasteiger partial charge in [0.1, 0.15) is 5.65 Å². The largest absolute Gasteiger partial charge is 0.302 e. The van der Waals surface area contributed by atoms with Crippen molar-refractivity contribution in [3.05, 3.63) is 41.4 Å². The first kappa shape index (κ1) is 24.9. The van der Waals surface area contributed by atoms with Gasteiger partial charge in [-0.1, -0.05) is 48.0 Å². The van der Waals surface area contributed by atoms with Gasteiger partial charge >= 0.3 is 0 Å². The van der Waals surface area contributed by atoms with E-state index >= 15 is 0 Å². The second-order valence-electron chi connectivity index (χ2n) is 7.30. The number of hydrogen-bond acceptors (Lipinski definition) is 4. The van der Waals surface area contributed by atoms with Crippen LogP contribution in [0.2, 0.25) is 0 Å². The highest BCUT2D eigenvalue weighted by Crippen LogP contribution is 2.19. The molecule has 2 heterocycles. The van der Waals surface area contributed by atoms with E-state index in [-0.39, 0.29) is 0 Å². The molecule has 0 atom stereocenters. The van der Waals surface area contributed by atoms with Crippen molar-refractivity contribution >= 4 is 17.6 Å². The number of hydroxylamine groups is 1. The molecule has 0 fully saturated rings. The van der Waals surface area contributed by atoms with E-state index in [2.05, 4.69) is 37.0 Å². The zero-order valence-corrected chi connectivity index (χ0v) is 18.9. The number of rotatable bonds is 10. The molecule has 0 radical (unpaired) electrons. The van der Waals surface area contributed by atoms with Gasteiger partial charge in [0.2, 0.25) is 0 Å². The van der Waals surface area contributed by atoms with Crippen LogP contribution in [0.4, 0.5) is 0 Å². The van der Waals surface area contributed by atoms with E-state index in [0.29, 0.717) is 5.92 Å². The van der Waals surface area contributed by atoms with Crippen molar-refractivity contribution in [3.8, 4) is 0 Å². The summed E-state index contributed by atoms with van der Waals surface area (Å²) in [6, 6.07) is 3.92. The van der Waals surface area contributed by atoms with E-state index in [0.717, 1.165) is 49.4 Å². The van der Waals surface area contributed by atoms with Gasteiger partial charge in [0.05, 0.1) is 11.4 Å². The molecule has 0 aliphatic heterocycles. The summed E-state index contributed by atoms with van der Waals surface area (Å²) in [5, 5.41) is 8.60. The second kappa shape index (κ2) is 13.1. The highest BCUT2D eigenvalue weighted by atomic mass is 16.5. The number of pyridine rings is 1. The molecular weight excluding hydrogens is 364 g/mol. The number of imidazole rings is 1. The number of hydrogen-bond donors (Lipinski definition) is 2. The number of carbonyl (C=O) groups is 1. The van der Waals surface area contributed by atoms with E-state index in [9.17, 15) is 4.79 Å². The molecule has 2 N–H and O–H groups in total. The van der Waals surface area contributed by atoms with Gasteiger partial charge in [-0.3, -0.25) is 14.9 Å². The van der Waals surface area contributed by atoms with Gasteiger partial charge in [-0.05, 0) is 55.6 Å². The maximum Gasteiger partial charge on any atom is 0.267 e. The Hall–Kier alpha value is -2.18. The quantitative estimate of drug-likeness (QED) is 0.343. The van der Waals surface area contributed by atoms with Gasteiger partial charge < -0.3 is 4.40 Å². The van der Waals surface area contributed by atoms with Crippen LogP contribution >= 0.6 is 0 Å². The average Bonchev–Trinajstić information content (AvgIpc) is 3.06. The Morgan fingerprint density at radius 1 is 1.34 bits per heavy atom. The zero-order chi connectivity index (χ0) is 21.8. The number of carbonyl (C=O) groups excluding carboxylic acids is 1. The Labute approximate surface area is 175 Å². The average molecular weight is 403 g/mol. The minimum Gasteiger partial charge on any atom is -0.302 e. The summed E-state index contributed by atoms with van der Waals surface area (Å²) in [4.78, 5) is 18.5. The minimum atomic E-state index is -0.547. The van der Waals surface area contributed by atoms with Crippen molar-refractivity contribution in [2.45, 2.75) is 67.3 Å². The number of aromatic nitrogens is 2. The van der Waals surface area contributed by atoms with E-state index < -0.39 is 5.91 Å². The van der Waals surface area contributed by atoms with Gasteiger partial charge in [0, 0.05) is 18.8 Å². The number of nitrogens with zero attached hydrogens (tertiary/aromatic N) is 3. The van der Waals surface area contributed by atoms with Crippen LogP contribution in [0.25, 0.3) is 11.7 Å². The Balaban J connectivity index is 0.00000204. The molecule has 2 aromatic heterocycles. The Morgan fingerprint density at radius 3 is 2.66 bits per heavy atom. The van der Waals surface area contributed by atoms with Crippen LogP contribution in [0.3, 0.4) is 0 Å². The molecule has 0 saturated carbocycles. The molecule has 1 amide bonds. The third-order valence-electron chi connectivity index (χ3n) is 4.70. The predicted octanol–water partition coefficient (Wildman–Crippen LogP) is 4.70. The standard InChI is InChI=1S/C21H32N4O2.C2H6/c1-5-7-18-19(15-24(6-2)12-10-16(3)4)25-13-11-17(14-20(25)22-18)8-9-21(26)23-27;1-2/h8-9,11,13-14,16,27H,5-7,10,12,15H2,1-4H3,(H,23,26);1-2H3/b9-8+;. The monoisotopic (exact) mass is 402 g/mol. The first-order chi connectivity index (χ1) is 14.0. The Morgan fingerprint density at radius 2 is 2.07 bits per heavy atom. The van der Waals surface area contributed by atoms with Crippen LogP contribution in [-0.4, -0.2) is 38.5 Å². The van der Waals surface area contributed by atoms with Gasteiger partial charge in [-0.2, -0.15) is 0 Å². The topological polar surface area (TPSA) is 69.9 Å². The van der Waals surface area contributed by atoms with Crippen LogP contribution < -0.4 is 5.48 Å². The molecule has 0 saturated heterocycles.